The third-order valence-electron chi connectivity index (χ3n) is 3.79. The zero-order valence-electron chi connectivity index (χ0n) is 10.4. The number of ether oxygens (including phenoxy) is 2. The summed E-state index contributed by atoms with van der Waals surface area (Å²) in [7, 11) is 5.42. The van der Waals surface area contributed by atoms with Crippen LogP contribution in [0.5, 0.6) is 5.75 Å². The number of piperidine rings is 1. The van der Waals surface area contributed by atoms with E-state index >= 15 is 0 Å². The summed E-state index contributed by atoms with van der Waals surface area (Å²) in [6, 6.07) is 3.22. The van der Waals surface area contributed by atoms with Gasteiger partial charge in [0.2, 0.25) is 0 Å². The Bertz CT molecular complexity index is 512. The molecule has 2 heterocycles. The fourth-order valence-corrected chi connectivity index (χ4v) is 2.91. The Labute approximate surface area is 106 Å². The number of hydrogen-bond donors (Lipinski definition) is 1. The molecular weight excluding hydrogens is 232 g/mol. The molecule has 1 aromatic carbocycles. The second-order valence-electron chi connectivity index (χ2n) is 4.80. The Morgan fingerprint density at radius 2 is 2.11 bits per heavy atom. The van der Waals surface area contributed by atoms with Crippen LogP contribution in [-0.2, 0) is 10.3 Å². The summed E-state index contributed by atoms with van der Waals surface area (Å²) < 4.78 is 25.3. The topological polar surface area (TPSA) is 30.5 Å². The Kier molecular flexibility index (Phi) is 2.66. The van der Waals surface area contributed by atoms with Crippen LogP contribution in [0, 0.1) is 5.82 Å². The molecule has 3 rings (SSSR count). The van der Waals surface area contributed by atoms with Gasteiger partial charge < -0.3 is 0 Å². The molecule has 0 unspecified atom stereocenters. The summed E-state index contributed by atoms with van der Waals surface area (Å²) in [5, 5.41) is 3.27. The van der Waals surface area contributed by atoms with Crippen molar-refractivity contribution in [2.24, 2.45) is 0 Å². The molecule has 18 heavy (non-hydrogen) atoms. The van der Waals surface area contributed by atoms with Gasteiger partial charge in [-0.05, 0) is 0 Å². The molecule has 0 bridgehead atoms. The first-order valence-corrected chi connectivity index (χ1v) is 6.13. The molecule has 0 radical (unpaired) electrons. The molecule has 2 aliphatic rings. The van der Waals surface area contributed by atoms with Crippen molar-refractivity contribution in [1.29, 1.82) is 0 Å². The van der Waals surface area contributed by atoms with Crippen LogP contribution in [0.3, 0.4) is 0 Å². The van der Waals surface area contributed by atoms with Gasteiger partial charge in [0.25, 0.3) is 0 Å². The van der Waals surface area contributed by atoms with Crippen molar-refractivity contribution in [3.63, 3.8) is 0 Å². The van der Waals surface area contributed by atoms with Crippen LogP contribution in [0.2, 0.25) is 0 Å². The quantitative estimate of drug-likeness (QED) is 0.745. The van der Waals surface area contributed by atoms with E-state index < -0.39 is 5.60 Å². The Balaban J connectivity index is 2.15. The maximum atomic E-state index is 14.3. The molecule has 0 saturated carbocycles. The van der Waals surface area contributed by atoms with Crippen LogP contribution in [0.15, 0.2) is 12.1 Å². The molecule has 1 aromatic rings. The number of hydrogen-bond acceptors (Lipinski definition) is 3. The summed E-state index contributed by atoms with van der Waals surface area (Å²) in [5.41, 5.74) is 1.40. The number of benzene rings is 1. The standard InChI is InChI=1S/C13H15BFNO2/c1-17-8-6-9-11(10(15)7-8)13(18-12(9)14)2-4-16-5-3-13/h6-7,14,16H,2-5H2,1H3. The zero-order chi connectivity index (χ0) is 12.8. The van der Waals surface area contributed by atoms with E-state index in [9.17, 15) is 4.39 Å². The summed E-state index contributed by atoms with van der Waals surface area (Å²) in [6.07, 6.45) is 1.53. The number of nitrogens with one attached hydrogen (secondary N) is 1. The van der Waals surface area contributed by atoms with Gasteiger partial charge in [0.05, 0.1) is 0 Å². The van der Waals surface area contributed by atoms with E-state index in [4.69, 9.17) is 9.47 Å². The van der Waals surface area contributed by atoms with Crippen molar-refractivity contribution < 1.29 is 13.9 Å². The third kappa shape index (κ3) is 1.57. The molecule has 0 amide bonds. The Morgan fingerprint density at radius 3 is 2.78 bits per heavy atom. The van der Waals surface area contributed by atoms with Crippen molar-refractivity contribution in [1.82, 2.24) is 5.32 Å². The molecule has 1 saturated heterocycles. The SMILES string of the molecule is B=C1OC2(CCNCC2)c2c(F)cc(OC)cc21. The third-order valence-corrected chi connectivity index (χ3v) is 3.79. The predicted molar refractivity (Wildman–Crippen MR) is 69.1 cm³/mol. The van der Waals surface area contributed by atoms with Crippen LogP contribution >= 0.6 is 0 Å². The van der Waals surface area contributed by atoms with Gasteiger partial charge in [0.1, 0.15) is 0 Å². The van der Waals surface area contributed by atoms with Crippen LogP contribution in [0.4, 0.5) is 4.39 Å². The predicted octanol–water partition coefficient (Wildman–Crippen LogP) is 0.822. The van der Waals surface area contributed by atoms with E-state index in [1.54, 1.807) is 6.07 Å². The van der Waals surface area contributed by atoms with E-state index in [1.807, 2.05) is 0 Å². The molecule has 0 atom stereocenters. The molecule has 5 heteroatoms. The van der Waals surface area contributed by atoms with Gasteiger partial charge in [-0.1, -0.05) is 0 Å². The number of rotatable bonds is 1. The average Bonchev–Trinajstić information content (AvgIpc) is 2.63. The minimum absolute atomic E-state index is 0.259. The van der Waals surface area contributed by atoms with Crippen LogP contribution in [-0.4, -0.2) is 33.3 Å². The molecule has 3 nitrogen and oxygen atoms in total. The summed E-state index contributed by atoms with van der Waals surface area (Å²) in [6.45, 7) is 1.66. The van der Waals surface area contributed by atoms with Crippen molar-refractivity contribution in [2.45, 2.75) is 18.4 Å². The fourth-order valence-electron chi connectivity index (χ4n) is 2.91. The molecule has 1 N–H and O–H groups in total. The van der Waals surface area contributed by atoms with Crippen molar-refractivity contribution in [3.8, 4) is 5.75 Å². The van der Waals surface area contributed by atoms with Gasteiger partial charge >= 0.3 is 106 Å². The van der Waals surface area contributed by atoms with Gasteiger partial charge in [0.15, 0.2) is 0 Å². The average molecular weight is 247 g/mol. The van der Waals surface area contributed by atoms with E-state index in [1.165, 1.54) is 13.2 Å². The van der Waals surface area contributed by atoms with Gasteiger partial charge in [-0.15, -0.1) is 0 Å². The van der Waals surface area contributed by atoms with Crippen molar-refractivity contribution in [2.75, 3.05) is 20.2 Å². The summed E-state index contributed by atoms with van der Waals surface area (Å²) in [5.74, 6) is 0.242. The molecular formula is C13H15BFNO2. The zero-order valence-corrected chi connectivity index (χ0v) is 10.4. The first kappa shape index (κ1) is 11.7. The molecule has 1 fully saturated rings. The second-order valence-corrected chi connectivity index (χ2v) is 4.80. The van der Waals surface area contributed by atoms with Gasteiger partial charge in [0, 0.05) is 0 Å². The van der Waals surface area contributed by atoms with E-state index in [0.29, 0.717) is 17.0 Å². The van der Waals surface area contributed by atoms with Crippen LogP contribution in [0.25, 0.3) is 0 Å². The van der Waals surface area contributed by atoms with Gasteiger partial charge in [-0.25, -0.2) is 0 Å². The van der Waals surface area contributed by atoms with Gasteiger partial charge in [-0.2, -0.15) is 0 Å². The van der Waals surface area contributed by atoms with E-state index in [2.05, 4.69) is 12.8 Å². The first-order valence-electron chi connectivity index (χ1n) is 6.13. The molecule has 1 spiro atoms. The molecule has 2 aliphatic heterocycles. The fraction of sp³-hybridized carbons (Fsp3) is 0.462. The molecule has 0 aromatic heterocycles. The monoisotopic (exact) mass is 247 g/mol. The minimum atomic E-state index is -0.534. The number of fused-ring (bicyclic) bond motifs is 2. The summed E-state index contributed by atoms with van der Waals surface area (Å²) in [4.78, 5) is 0. The molecule has 0 aliphatic carbocycles. The van der Waals surface area contributed by atoms with Gasteiger partial charge in [-0.3, -0.25) is 0 Å². The summed E-state index contributed by atoms with van der Waals surface area (Å²) >= 11 is 0. The normalized spacial score (nSPS) is 20.6. The Morgan fingerprint density at radius 1 is 1.39 bits per heavy atom. The van der Waals surface area contributed by atoms with E-state index in [-0.39, 0.29) is 5.82 Å². The number of halogens is 1. The maximum absolute atomic E-state index is 14.3. The van der Waals surface area contributed by atoms with Crippen molar-refractivity contribution >= 4 is 13.1 Å². The first-order chi connectivity index (χ1) is 8.66. The second kappa shape index (κ2) is 4.09. The van der Waals surface area contributed by atoms with Crippen molar-refractivity contribution in [3.05, 3.63) is 29.1 Å². The molecule has 94 valence electrons. The Hall–Kier alpha value is -1.36. The van der Waals surface area contributed by atoms with Crippen LogP contribution in [0.1, 0.15) is 24.0 Å². The van der Waals surface area contributed by atoms with Crippen LogP contribution < -0.4 is 10.1 Å². The van der Waals surface area contributed by atoms with E-state index in [0.717, 1.165) is 31.5 Å². The number of methoxy groups -OCH3 is 1.